The minimum absolute atomic E-state index is 0.328. The molecule has 1 aliphatic carbocycles. The third-order valence-corrected chi connectivity index (χ3v) is 3.32. The molecule has 1 saturated carbocycles. The lowest BCUT2D eigenvalue weighted by Gasteiger charge is -2.18. The number of carbonyl (C=O) groups excluding carboxylic acids is 1. The molecule has 0 N–H and O–H groups in total. The lowest BCUT2D eigenvalue weighted by molar-refractivity contribution is -0.112. The Bertz CT molecular complexity index is 195. The first-order chi connectivity index (χ1) is 6.15. The molecule has 0 aliphatic heterocycles. The van der Waals surface area contributed by atoms with Gasteiger partial charge in [0.15, 0.2) is 0 Å². The van der Waals surface area contributed by atoms with Crippen molar-refractivity contribution in [2.45, 2.75) is 39.5 Å². The molecule has 0 unspecified atom stereocenters. The molecule has 0 bridgehead atoms. The van der Waals surface area contributed by atoms with Gasteiger partial charge in [-0.1, -0.05) is 12.5 Å². The van der Waals surface area contributed by atoms with Crippen LogP contribution in [0.5, 0.6) is 0 Å². The summed E-state index contributed by atoms with van der Waals surface area (Å²) in [5, 5.41) is 0. The third-order valence-electron chi connectivity index (χ3n) is 3.32. The fourth-order valence-electron chi connectivity index (χ4n) is 2.39. The van der Waals surface area contributed by atoms with E-state index in [9.17, 15) is 4.79 Å². The van der Waals surface area contributed by atoms with Crippen molar-refractivity contribution in [3.05, 3.63) is 12.2 Å². The summed E-state index contributed by atoms with van der Waals surface area (Å²) < 4.78 is 0. The molecule has 3 atom stereocenters. The van der Waals surface area contributed by atoms with Crippen molar-refractivity contribution >= 4 is 6.29 Å². The number of aldehydes is 1. The molecule has 1 fully saturated rings. The zero-order valence-corrected chi connectivity index (χ0v) is 8.75. The molecule has 0 saturated heterocycles. The highest BCUT2D eigenvalue weighted by Gasteiger charge is 2.32. The predicted octanol–water partition coefficient (Wildman–Crippen LogP) is 3.20. The van der Waals surface area contributed by atoms with E-state index in [1.54, 1.807) is 0 Å². The Kier molecular flexibility index (Phi) is 3.71. The van der Waals surface area contributed by atoms with Crippen molar-refractivity contribution in [1.29, 1.82) is 0 Å². The summed E-state index contributed by atoms with van der Waals surface area (Å²) in [4.78, 5) is 10.8. The van der Waals surface area contributed by atoms with E-state index >= 15 is 0 Å². The molecule has 0 heterocycles. The zero-order chi connectivity index (χ0) is 9.84. The van der Waals surface area contributed by atoms with Crippen LogP contribution in [0.4, 0.5) is 0 Å². The van der Waals surface area contributed by atoms with Gasteiger partial charge in [0.05, 0.1) is 0 Å². The molecular formula is C12H20O. The average Bonchev–Trinajstić information content (AvgIpc) is 2.43. The van der Waals surface area contributed by atoms with Gasteiger partial charge in [0, 0.05) is 5.92 Å². The van der Waals surface area contributed by atoms with Crippen LogP contribution in [-0.2, 0) is 4.79 Å². The molecule has 0 aromatic heterocycles. The minimum atomic E-state index is 0.328. The first-order valence-electron chi connectivity index (χ1n) is 5.24. The van der Waals surface area contributed by atoms with Crippen LogP contribution in [0, 0.1) is 17.8 Å². The van der Waals surface area contributed by atoms with Gasteiger partial charge in [0.25, 0.3) is 0 Å². The fraction of sp³-hybridized carbons (Fsp3) is 0.750. The Morgan fingerprint density at radius 1 is 1.54 bits per heavy atom. The first-order valence-corrected chi connectivity index (χ1v) is 5.24. The van der Waals surface area contributed by atoms with Crippen LogP contribution >= 0.6 is 0 Å². The van der Waals surface area contributed by atoms with E-state index in [2.05, 4.69) is 20.4 Å². The summed E-state index contributed by atoms with van der Waals surface area (Å²) in [6.45, 7) is 8.24. The van der Waals surface area contributed by atoms with Crippen molar-refractivity contribution in [1.82, 2.24) is 0 Å². The van der Waals surface area contributed by atoms with Gasteiger partial charge in [-0.2, -0.15) is 0 Å². The van der Waals surface area contributed by atoms with Crippen molar-refractivity contribution in [3.8, 4) is 0 Å². The second-order valence-electron chi connectivity index (χ2n) is 4.51. The molecule has 1 heteroatoms. The number of carbonyl (C=O) groups is 1. The highest BCUT2D eigenvalue weighted by Crippen LogP contribution is 2.38. The van der Waals surface area contributed by atoms with Gasteiger partial charge in [-0.3, -0.25) is 0 Å². The summed E-state index contributed by atoms with van der Waals surface area (Å²) in [6.07, 6.45) is 5.72. The summed E-state index contributed by atoms with van der Waals surface area (Å²) in [5.74, 6) is 1.68. The molecule has 1 aliphatic rings. The monoisotopic (exact) mass is 180 g/mol. The second-order valence-corrected chi connectivity index (χ2v) is 4.51. The summed E-state index contributed by atoms with van der Waals surface area (Å²) in [7, 11) is 0. The Hall–Kier alpha value is -0.590. The van der Waals surface area contributed by atoms with Gasteiger partial charge in [0.2, 0.25) is 0 Å². The normalized spacial score (nSPS) is 33.2. The van der Waals surface area contributed by atoms with E-state index in [-0.39, 0.29) is 0 Å². The molecule has 1 nitrogen and oxygen atoms in total. The van der Waals surface area contributed by atoms with E-state index in [4.69, 9.17) is 0 Å². The maximum atomic E-state index is 10.8. The number of rotatable bonds is 4. The van der Waals surface area contributed by atoms with Crippen molar-refractivity contribution < 1.29 is 4.79 Å². The zero-order valence-electron chi connectivity index (χ0n) is 8.75. The molecule has 1 rings (SSSR count). The summed E-state index contributed by atoms with van der Waals surface area (Å²) in [5.41, 5.74) is 1.24. The van der Waals surface area contributed by atoms with Crippen LogP contribution < -0.4 is 0 Å². The van der Waals surface area contributed by atoms with Gasteiger partial charge >= 0.3 is 0 Å². The summed E-state index contributed by atoms with van der Waals surface area (Å²) in [6, 6.07) is 0. The van der Waals surface area contributed by atoms with Gasteiger partial charge < -0.3 is 4.79 Å². The molecular weight excluding hydrogens is 160 g/mol. The van der Waals surface area contributed by atoms with Gasteiger partial charge in [-0.15, -0.1) is 6.58 Å². The lowest BCUT2D eigenvalue weighted by atomic mass is 9.86. The molecule has 74 valence electrons. The Morgan fingerprint density at radius 3 is 2.77 bits per heavy atom. The van der Waals surface area contributed by atoms with Crippen LogP contribution in [-0.4, -0.2) is 6.29 Å². The summed E-state index contributed by atoms with van der Waals surface area (Å²) >= 11 is 0. The number of allylic oxidation sites excluding steroid dienone is 1. The quantitative estimate of drug-likeness (QED) is 0.479. The maximum absolute atomic E-state index is 10.8. The SMILES string of the molecule is C=C(C)CC[C@@H]1[C@H](C)CC[C@H]1C=O. The van der Waals surface area contributed by atoms with Crippen LogP contribution in [0.1, 0.15) is 39.5 Å². The molecule has 0 aromatic carbocycles. The molecule has 0 radical (unpaired) electrons. The average molecular weight is 180 g/mol. The molecule has 0 spiro atoms. The largest absolute Gasteiger partial charge is 0.303 e. The van der Waals surface area contributed by atoms with Crippen molar-refractivity contribution in [2.75, 3.05) is 0 Å². The second kappa shape index (κ2) is 4.59. The first kappa shape index (κ1) is 10.5. The molecule has 0 aromatic rings. The van der Waals surface area contributed by atoms with Gasteiger partial charge in [0.1, 0.15) is 6.29 Å². The highest BCUT2D eigenvalue weighted by molar-refractivity contribution is 5.54. The fourth-order valence-corrected chi connectivity index (χ4v) is 2.39. The van der Waals surface area contributed by atoms with Crippen LogP contribution in [0.15, 0.2) is 12.2 Å². The Labute approximate surface area is 81.2 Å². The van der Waals surface area contributed by atoms with E-state index in [0.717, 1.165) is 31.5 Å². The third kappa shape index (κ3) is 2.68. The van der Waals surface area contributed by atoms with Gasteiger partial charge in [-0.25, -0.2) is 0 Å². The van der Waals surface area contributed by atoms with E-state index < -0.39 is 0 Å². The highest BCUT2D eigenvalue weighted by atomic mass is 16.1. The lowest BCUT2D eigenvalue weighted by Crippen LogP contribution is -2.14. The van der Waals surface area contributed by atoms with Gasteiger partial charge in [-0.05, 0) is 44.4 Å². The smallest absolute Gasteiger partial charge is 0.123 e. The van der Waals surface area contributed by atoms with E-state index in [0.29, 0.717) is 11.8 Å². The maximum Gasteiger partial charge on any atom is 0.123 e. The Balaban J connectivity index is 2.44. The molecule has 13 heavy (non-hydrogen) atoms. The predicted molar refractivity (Wildman–Crippen MR) is 55.5 cm³/mol. The minimum Gasteiger partial charge on any atom is -0.303 e. The van der Waals surface area contributed by atoms with Crippen LogP contribution in [0.25, 0.3) is 0 Å². The Morgan fingerprint density at radius 2 is 2.23 bits per heavy atom. The standard InChI is InChI=1S/C12H20O/c1-9(2)4-7-12-10(3)5-6-11(12)8-13/h8,10-12H,1,4-7H2,2-3H3/t10-,11+,12-/m1/s1. The van der Waals surface area contributed by atoms with Crippen molar-refractivity contribution in [3.63, 3.8) is 0 Å². The van der Waals surface area contributed by atoms with Crippen LogP contribution in [0.2, 0.25) is 0 Å². The number of hydrogen-bond donors (Lipinski definition) is 0. The van der Waals surface area contributed by atoms with Crippen molar-refractivity contribution in [2.24, 2.45) is 17.8 Å². The van der Waals surface area contributed by atoms with E-state index in [1.165, 1.54) is 12.0 Å². The number of hydrogen-bond acceptors (Lipinski definition) is 1. The van der Waals surface area contributed by atoms with E-state index in [1.807, 2.05) is 0 Å². The molecule has 0 amide bonds. The topological polar surface area (TPSA) is 17.1 Å². The van der Waals surface area contributed by atoms with Crippen LogP contribution in [0.3, 0.4) is 0 Å².